The summed E-state index contributed by atoms with van der Waals surface area (Å²) < 4.78 is 24.4. The van der Waals surface area contributed by atoms with Gasteiger partial charge in [-0.1, -0.05) is 24.3 Å². The third-order valence-corrected chi connectivity index (χ3v) is 5.40. The van der Waals surface area contributed by atoms with Gasteiger partial charge in [0.1, 0.15) is 11.6 Å². The van der Waals surface area contributed by atoms with Gasteiger partial charge in [0.05, 0.1) is 13.7 Å². The molecule has 2 aromatic rings. The number of ether oxygens (including phenoxy) is 2. The highest BCUT2D eigenvalue weighted by atomic mass is 19.1. The van der Waals surface area contributed by atoms with Gasteiger partial charge in [0.15, 0.2) is 5.96 Å². The first-order valence-corrected chi connectivity index (χ1v) is 10.1. The fraction of sp³-hybridized carbons (Fsp3) is 0.435. The Kier molecular flexibility index (Phi) is 7.47. The Morgan fingerprint density at radius 3 is 2.55 bits per heavy atom. The van der Waals surface area contributed by atoms with E-state index < -0.39 is 0 Å². The number of aliphatic imine (C=N–C) groups is 1. The Bertz CT molecular complexity index is 802. The number of halogens is 1. The van der Waals surface area contributed by atoms with Crippen molar-refractivity contribution in [3.8, 4) is 5.75 Å². The summed E-state index contributed by atoms with van der Waals surface area (Å²) in [5.41, 5.74) is 2.09. The molecule has 1 heterocycles. The Morgan fingerprint density at radius 1 is 1.14 bits per heavy atom. The fourth-order valence-corrected chi connectivity index (χ4v) is 3.67. The van der Waals surface area contributed by atoms with E-state index in [2.05, 4.69) is 27.8 Å². The van der Waals surface area contributed by atoms with Crippen LogP contribution in [0.5, 0.6) is 5.75 Å². The Morgan fingerprint density at radius 2 is 1.90 bits per heavy atom. The number of hydrogen-bond acceptors (Lipinski definition) is 3. The maximum absolute atomic E-state index is 13.4. The first kappa shape index (κ1) is 21.1. The average Bonchev–Trinajstić information content (AvgIpc) is 2.76. The summed E-state index contributed by atoms with van der Waals surface area (Å²) >= 11 is 0. The minimum absolute atomic E-state index is 0.0282. The van der Waals surface area contributed by atoms with Crippen LogP contribution in [0.4, 0.5) is 4.39 Å². The van der Waals surface area contributed by atoms with Gasteiger partial charge in [-0.05, 0) is 55.2 Å². The second-order valence-electron chi connectivity index (χ2n) is 7.30. The van der Waals surface area contributed by atoms with E-state index in [1.807, 2.05) is 25.1 Å². The number of benzene rings is 2. The molecule has 0 unspecified atom stereocenters. The molecule has 3 rings (SSSR count). The molecule has 1 aliphatic heterocycles. The molecule has 1 saturated heterocycles. The summed E-state index contributed by atoms with van der Waals surface area (Å²) in [6.45, 7) is 5.44. The maximum Gasteiger partial charge on any atom is 0.191 e. The van der Waals surface area contributed by atoms with Crippen molar-refractivity contribution in [1.29, 1.82) is 0 Å². The second-order valence-corrected chi connectivity index (χ2v) is 7.30. The Balaban J connectivity index is 1.74. The van der Waals surface area contributed by atoms with Crippen LogP contribution in [0, 0.1) is 5.82 Å². The highest BCUT2D eigenvalue weighted by Gasteiger charge is 2.34. The van der Waals surface area contributed by atoms with Crippen LogP contribution in [0.3, 0.4) is 0 Å². The summed E-state index contributed by atoms with van der Waals surface area (Å²) in [5, 5.41) is 6.79. The van der Waals surface area contributed by atoms with Crippen LogP contribution in [0.15, 0.2) is 53.5 Å². The monoisotopic (exact) mass is 399 g/mol. The number of hydrogen-bond donors (Lipinski definition) is 2. The van der Waals surface area contributed by atoms with E-state index in [1.165, 1.54) is 17.7 Å². The van der Waals surface area contributed by atoms with E-state index in [0.29, 0.717) is 6.54 Å². The molecule has 0 amide bonds. The van der Waals surface area contributed by atoms with Crippen LogP contribution >= 0.6 is 0 Å². The molecule has 0 radical (unpaired) electrons. The molecule has 2 N–H and O–H groups in total. The van der Waals surface area contributed by atoms with Crippen LogP contribution < -0.4 is 15.4 Å². The highest BCUT2D eigenvalue weighted by molar-refractivity contribution is 5.79. The predicted octanol–water partition coefficient (Wildman–Crippen LogP) is 3.64. The first-order chi connectivity index (χ1) is 14.1. The van der Waals surface area contributed by atoms with Crippen LogP contribution in [0.1, 0.15) is 30.9 Å². The number of nitrogens with one attached hydrogen (secondary N) is 2. The van der Waals surface area contributed by atoms with Gasteiger partial charge in [0, 0.05) is 31.7 Å². The van der Waals surface area contributed by atoms with Crippen molar-refractivity contribution in [3.05, 3.63) is 65.5 Å². The van der Waals surface area contributed by atoms with Crippen molar-refractivity contribution in [2.75, 3.05) is 33.4 Å². The molecule has 0 aromatic heterocycles. The maximum atomic E-state index is 13.4. The molecule has 0 aliphatic carbocycles. The van der Waals surface area contributed by atoms with Crippen molar-refractivity contribution < 1.29 is 13.9 Å². The quantitative estimate of drug-likeness (QED) is 0.551. The van der Waals surface area contributed by atoms with E-state index in [1.54, 1.807) is 13.2 Å². The van der Waals surface area contributed by atoms with Gasteiger partial charge in [-0.25, -0.2) is 9.38 Å². The molecule has 2 aromatic carbocycles. The number of methoxy groups -OCH3 is 1. The number of guanidine groups is 1. The van der Waals surface area contributed by atoms with Crippen LogP contribution in [0.2, 0.25) is 0 Å². The second kappa shape index (κ2) is 10.3. The Labute approximate surface area is 172 Å². The Hall–Kier alpha value is -2.60. The van der Waals surface area contributed by atoms with Gasteiger partial charge in [0.2, 0.25) is 0 Å². The molecule has 6 heteroatoms. The van der Waals surface area contributed by atoms with Crippen LogP contribution in [-0.2, 0) is 16.7 Å². The molecule has 0 atom stereocenters. The van der Waals surface area contributed by atoms with E-state index in [9.17, 15) is 4.39 Å². The van der Waals surface area contributed by atoms with Gasteiger partial charge in [-0.2, -0.15) is 0 Å². The summed E-state index contributed by atoms with van der Waals surface area (Å²) in [6, 6.07) is 14.9. The standard InChI is InChI=1S/C23H30FN3O2/c1-3-25-22(26-16-18-5-4-6-20(24)15-18)27-17-23(11-13-29-14-12-23)19-7-9-21(28-2)10-8-19/h4-10,15H,3,11-14,16-17H2,1-2H3,(H2,25,26,27). The van der Waals surface area contributed by atoms with Crippen molar-refractivity contribution in [2.24, 2.45) is 4.99 Å². The van der Waals surface area contributed by atoms with E-state index >= 15 is 0 Å². The van der Waals surface area contributed by atoms with E-state index in [0.717, 1.165) is 56.4 Å². The van der Waals surface area contributed by atoms with Crippen molar-refractivity contribution in [1.82, 2.24) is 10.6 Å². The minimum Gasteiger partial charge on any atom is -0.497 e. The molecule has 1 aliphatic rings. The fourth-order valence-electron chi connectivity index (χ4n) is 3.67. The van der Waals surface area contributed by atoms with Gasteiger partial charge >= 0.3 is 0 Å². The molecule has 0 bridgehead atoms. The molecule has 1 fully saturated rings. The van der Waals surface area contributed by atoms with E-state index in [-0.39, 0.29) is 11.2 Å². The SMILES string of the molecule is CCNC(=NCc1cccc(F)c1)NCC1(c2ccc(OC)cc2)CCOCC1. The summed E-state index contributed by atoms with van der Waals surface area (Å²) in [4.78, 5) is 4.64. The smallest absolute Gasteiger partial charge is 0.191 e. The lowest BCUT2D eigenvalue weighted by Gasteiger charge is -2.38. The minimum atomic E-state index is -0.240. The van der Waals surface area contributed by atoms with Crippen molar-refractivity contribution in [2.45, 2.75) is 31.7 Å². The lowest BCUT2D eigenvalue weighted by atomic mass is 9.74. The zero-order chi connectivity index (χ0) is 20.5. The summed E-state index contributed by atoms with van der Waals surface area (Å²) in [5.74, 6) is 1.35. The van der Waals surface area contributed by atoms with Gasteiger partial charge in [-0.3, -0.25) is 0 Å². The van der Waals surface area contributed by atoms with Crippen molar-refractivity contribution >= 4 is 5.96 Å². The topological polar surface area (TPSA) is 54.9 Å². The first-order valence-electron chi connectivity index (χ1n) is 10.1. The zero-order valence-electron chi connectivity index (χ0n) is 17.2. The van der Waals surface area contributed by atoms with Gasteiger partial charge in [-0.15, -0.1) is 0 Å². The lowest BCUT2D eigenvalue weighted by Crippen LogP contribution is -2.48. The molecule has 5 nitrogen and oxygen atoms in total. The molecular formula is C23H30FN3O2. The molecule has 156 valence electrons. The average molecular weight is 400 g/mol. The normalized spacial score (nSPS) is 16.3. The zero-order valence-corrected chi connectivity index (χ0v) is 17.2. The highest BCUT2D eigenvalue weighted by Crippen LogP contribution is 2.35. The third-order valence-electron chi connectivity index (χ3n) is 5.40. The predicted molar refractivity (Wildman–Crippen MR) is 114 cm³/mol. The van der Waals surface area contributed by atoms with Gasteiger partial charge < -0.3 is 20.1 Å². The largest absolute Gasteiger partial charge is 0.497 e. The van der Waals surface area contributed by atoms with Crippen LogP contribution in [0.25, 0.3) is 0 Å². The molecular weight excluding hydrogens is 369 g/mol. The third kappa shape index (κ3) is 5.70. The van der Waals surface area contributed by atoms with Gasteiger partial charge in [0.25, 0.3) is 0 Å². The summed E-state index contributed by atoms with van der Waals surface area (Å²) in [7, 11) is 1.68. The summed E-state index contributed by atoms with van der Waals surface area (Å²) in [6.07, 6.45) is 1.88. The number of nitrogens with zero attached hydrogens (tertiary/aromatic N) is 1. The molecule has 0 spiro atoms. The molecule has 29 heavy (non-hydrogen) atoms. The molecule has 0 saturated carbocycles. The lowest BCUT2D eigenvalue weighted by molar-refractivity contribution is 0.0513. The van der Waals surface area contributed by atoms with E-state index in [4.69, 9.17) is 9.47 Å². The van der Waals surface area contributed by atoms with Crippen molar-refractivity contribution in [3.63, 3.8) is 0 Å². The number of rotatable bonds is 7. The van der Waals surface area contributed by atoms with Crippen LogP contribution in [-0.4, -0.2) is 39.4 Å².